The first-order chi connectivity index (χ1) is 15.8. The van der Waals surface area contributed by atoms with Gasteiger partial charge in [-0.15, -0.1) is 0 Å². The fourth-order valence-corrected chi connectivity index (χ4v) is 6.71. The molecule has 2 bridgehead atoms. The number of hydrogen-bond donors (Lipinski definition) is 0. The summed E-state index contributed by atoms with van der Waals surface area (Å²) in [5.41, 5.74) is 3.89. The lowest BCUT2D eigenvalue weighted by atomic mass is 9.42. The maximum Gasteiger partial charge on any atom is 0.337 e. The predicted octanol–water partition coefficient (Wildman–Crippen LogP) is 4.22. The van der Waals surface area contributed by atoms with Crippen LogP contribution in [0.25, 0.3) is 0 Å². The quantitative estimate of drug-likeness (QED) is 0.445. The minimum atomic E-state index is -0.628. The summed E-state index contributed by atoms with van der Waals surface area (Å²) in [6.07, 6.45) is 0. The molecule has 5 heteroatoms. The zero-order valence-electron chi connectivity index (χ0n) is 18.7. The minimum absolute atomic E-state index is 0.218. The number of benzene rings is 3. The number of rotatable bonds is 2. The zero-order chi connectivity index (χ0) is 23.1. The van der Waals surface area contributed by atoms with Gasteiger partial charge in [-0.25, -0.2) is 9.69 Å². The molecule has 0 spiro atoms. The molecule has 3 aliphatic carbocycles. The SMILES string of the molecule is COC(=O)c1cccc(N2C(=O)C3C(C2=O)C2(C)c4ccccc4C3(C)c3ccccc32)c1. The molecular weight excluding hydrogens is 414 g/mol. The third-order valence-corrected chi connectivity index (χ3v) is 8.17. The van der Waals surface area contributed by atoms with Crippen molar-refractivity contribution < 1.29 is 19.1 Å². The molecule has 164 valence electrons. The van der Waals surface area contributed by atoms with E-state index < -0.39 is 28.6 Å². The first-order valence-electron chi connectivity index (χ1n) is 11.1. The molecule has 33 heavy (non-hydrogen) atoms. The highest BCUT2D eigenvalue weighted by molar-refractivity contribution is 6.24. The van der Waals surface area contributed by atoms with Crippen molar-refractivity contribution >= 4 is 23.5 Å². The van der Waals surface area contributed by atoms with Crippen molar-refractivity contribution in [3.05, 3.63) is 101 Å². The highest BCUT2D eigenvalue weighted by atomic mass is 16.5. The summed E-state index contributed by atoms with van der Waals surface area (Å²) in [6, 6.07) is 23.0. The molecule has 2 unspecified atom stereocenters. The average molecular weight is 437 g/mol. The van der Waals surface area contributed by atoms with Crippen LogP contribution in [-0.2, 0) is 25.2 Å². The molecule has 0 aromatic heterocycles. The van der Waals surface area contributed by atoms with E-state index in [2.05, 4.69) is 38.1 Å². The van der Waals surface area contributed by atoms with Crippen LogP contribution in [0, 0.1) is 11.8 Å². The van der Waals surface area contributed by atoms with Crippen LogP contribution in [-0.4, -0.2) is 24.9 Å². The normalized spacial score (nSPS) is 28.9. The second-order valence-electron chi connectivity index (χ2n) is 9.51. The summed E-state index contributed by atoms with van der Waals surface area (Å²) in [6.45, 7) is 4.20. The molecule has 7 rings (SSSR count). The van der Waals surface area contributed by atoms with Crippen molar-refractivity contribution in [3.8, 4) is 0 Å². The molecule has 3 aromatic rings. The van der Waals surface area contributed by atoms with Gasteiger partial charge in [0.1, 0.15) is 0 Å². The molecule has 3 aromatic carbocycles. The second kappa shape index (κ2) is 6.41. The van der Waals surface area contributed by atoms with E-state index in [-0.39, 0.29) is 11.8 Å². The van der Waals surface area contributed by atoms with Gasteiger partial charge in [0.2, 0.25) is 11.8 Å². The van der Waals surface area contributed by atoms with Gasteiger partial charge >= 0.3 is 5.97 Å². The van der Waals surface area contributed by atoms with Crippen molar-refractivity contribution in [1.82, 2.24) is 0 Å². The van der Waals surface area contributed by atoms with Crippen LogP contribution in [0.3, 0.4) is 0 Å². The first-order valence-corrected chi connectivity index (χ1v) is 11.1. The Morgan fingerprint density at radius 1 is 0.758 bits per heavy atom. The van der Waals surface area contributed by atoms with E-state index >= 15 is 0 Å². The van der Waals surface area contributed by atoms with E-state index in [1.165, 1.54) is 12.0 Å². The molecule has 5 nitrogen and oxygen atoms in total. The van der Waals surface area contributed by atoms with Crippen LogP contribution < -0.4 is 4.90 Å². The van der Waals surface area contributed by atoms with Gasteiger partial charge in [-0.3, -0.25) is 9.59 Å². The Labute approximate surface area is 192 Å². The number of carbonyl (C=O) groups excluding carboxylic acids is 3. The molecule has 4 aliphatic rings. The summed E-state index contributed by atoms with van der Waals surface area (Å²) < 4.78 is 4.84. The van der Waals surface area contributed by atoms with Gasteiger partial charge < -0.3 is 4.74 Å². The Balaban J connectivity index is 1.60. The summed E-state index contributed by atoms with van der Waals surface area (Å²) in [7, 11) is 1.31. The van der Waals surface area contributed by atoms with Crippen LogP contribution >= 0.6 is 0 Å². The van der Waals surface area contributed by atoms with Crippen molar-refractivity contribution in [2.45, 2.75) is 24.7 Å². The highest BCUT2D eigenvalue weighted by Gasteiger charge is 2.70. The molecule has 1 saturated heterocycles. The van der Waals surface area contributed by atoms with E-state index in [0.29, 0.717) is 11.3 Å². The zero-order valence-corrected chi connectivity index (χ0v) is 18.7. The maximum absolute atomic E-state index is 14.0. The molecule has 2 amide bonds. The number of amides is 2. The Kier molecular flexibility index (Phi) is 3.87. The molecule has 1 aliphatic heterocycles. The lowest BCUT2D eigenvalue weighted by Crippen LogP contribution is -2.59. The Bertz CT molecular complexity index is 1250. The first kappa shape index (κ1) is 19.9. The number of imide groups is 1. The third kappa shape index (κ3) is 2.20. The summed E-state index contributed by atoms with van der Waals surface area (Å²) in [5.74, 6) is -2.00. The molecule has 1 fully saturated rings. The van der Waals surface area contributed by atoms with Crippen LogP contribution in [0.15, 0.2) is 72.8 Å². The number of ether oxygens (including phenoxy) is 1. The average Bonchev–Trinajstić information content (AvgIpc) is 3.13. The maximum atomic E-state index is 14.0. The molecule has 0 radical (unpaired) electrons. The van der Waals surface area contributed by atoms with Crippen LogP contribution in [0.1, 0.15) is 46.5 Å². The molecule has 2 atom stereocenters. The van der Waals surface area contributed by atoms with Crippen molar-refractivity contribution in [3.63, 3.8) is 0 Å². The summed E-state index contributed by atoms with van der Waals surface area (Å²) in [4.78, 5) is 41.5. The number of methoxy groups -OCH3 is 1. The largest absolute Gasteiger partial charge is 0.465 e. The molecule has 0 N–H and O–H groups in total. The van der Waals surface area contributed by atoms with Crippen LogP contribution in [0.2, 0.25) is 0 Å². The van der Waals surface area contributed by atoms with Gasteiger partial charge in [-0.05, 0) is 40.5 Å². The highest BCUT2D eigenvalue weighted by Crippen LogP contribution is 2.66. The van der Waals surface area contributed by atoms with Crippen molar-refractivity contribution in [2.24, 2.45) is 11.8 Å². The topological polar surface area (TPSA) is 63.7 Å². The number of nitrogens with zero attached hydrogens (tertiary/aromatic N) is 1. The van der Waals surface area contributed by atoms with Crippen LogP contribution in [0.4, 0.5) is 5.69 Å². The Morgan fingerprint density at radius 2 is 1.21 bits per heavy atom. The van der Waals surface area contributed by atoms with Crippen molar-refractivity contribution in [2.75, 3.05) is 12.0 Å². The van der Waals surface area contributed by atoms with E-state index in [4.69, 9.17) is 4.74 Å². The monoisotopic (exact) mass is 437 g/mol. The van der Waals surface area contributed by atoms with Gasteiger partial charge in [0.15, 0.2) is 0 Å². The van der Waals surface area contributed by atoms with Gasteiger partial charge in [-0.1, -0.05) is 68.4 Å². The number of anilines is 1. The Morgan fingerprint density at radius 3 is 1.64 bits per heavy atom. The fourth-order valence-electron chi connectivity index (χ4n) is 6.71. The Hall–Kier alpha value is -3.73. The molecular formula is C28H23NO4. The van der Waals surface area contributed by atoms with E-state index in [1.54, 1.807) is 24.3 Å². The lowest BCUT2D eigenvalue weighted by molar-refractivity contribution is -0.124. The van der Waals surface area contributed by atoms with Gasteiger partial charge in [0.05, 0.1) is 30.2 Å². The van der Waals surface area contributed by atoms with Gasteiger partial charge in [0.25, 0.3) is 0 Å². The van der Waals surface area contributed by atoms with Gasteiger partial charge in [-0.2, -0.15) is 0 Å². The summed E-state index contributed by atoms with van der Waals surface area (Å²) in [5, 5.41) is 0. The van der Waals surface area contributed by atoms with Crippen molar-refractivity contribution in [1.29, 1.82) is 0 Å². The minimum Gasteiger partial charge on any atom is -0.465 e. The molecule has 0 saturated carbocycles. The van der Waals surface area contributed by atoms with E-state index in [1.807, 2.05) is 24.3 Å². The standard InChI is InChI=1S/C28H23NO4/c1-27-18-11-4-6-13-20(18)28(2,21-14-7-5-12-19(21)27)23-22(27)24(30)29(25(23)31)17-10-8-9-16(15-17)26(32)33-3/h4-15,22-23H,1-3H3. The van der Waals surface area contributed by atoms with Gasteiger partial charge in [0, 0.05) is 10.8 Å². The lowest BCUT2D eigenvalue weighted by Gasteiger charge is -2.57. The van der Waals surface area contributed by atoms with E-state index in [9.17, 15) is 14.4 Å². The third-order valence-electron chi connectivity index (χ3n) is 8.17. The number of hydrogen-bond acceptors (Lipinski definition) is 4. The van der Waals surface area contributed by atoms with E-state index in [0.717, 1.165) is 22.3 Å². The predicted molar refractivity (Wildman–Crippen MR) is 123 cm³/mol. The number of carbonyl (C=O) groups is 3. The second-order valence-corrected chi connectivity index (χ2v) is 9.51. The number of esters is 1. The molecule has 1 heterocycles. The summed E-state index contributed by atoms with van der Waals surface area (Å²) >= 11 is 0. The van der Waals surface area contributed by atoms with Crippen LogP contribution in [0.5, 0.6) is 0 Å². The smallest absolute Gasteiger partial charge is 0.337 e. The fraction of sp³-hybridized carbons (Fsp3) is 0.250.